The summed E-state index contributed by atoms with van der Waals surface area (Å²) in [6.07, 6.45) is 8.62. The minimum Gasteiger partial charge on any atom is -0.286 e. The number of rotatable bonds is 2. The fourth-order valence-electron chi connectivity index (χ4n) is 1.33. The molecule has 1 aliphatic rings. The first-order valence-electron chi connectivity index (χ1n) is 4.64. The molecule has 0 bridgehead atoms. The van der Waals surface area contributed by atoms with Gasteiger partial charge in [-0.15, -0.1) is 0 Å². The fraction of sp³-hybridized carbons (Fsp3) is 0.0833. The molecule has 0 spiro atoms. The second kappa shape index (κ2) is 4.42. The highest BCUT2D eigenvalue weighted by molar-refractivity contribution is 5.96. The van der Waals surface area contributed by atoms with E-state index in [9.17, 15) is 0 Å². The van der Waals surface area contributed by atoms with E-state index in [-0.39, 0.29) is 0 Å². The van der Waals surface area contributed by atoms with Crippen LogP contribution in [0.5, 0.6) is 0 Å². The molecular formula is C12H12N2. The van der Waals surface area contributed by atoms with Crippen LogP contribution in [0, 0.1) is 0 Å². The Labute approximate surface area is 83.7 Å². The second-order valence-electron chi connectivity index (χ2n) is 3.11. The SMILES string of the molecule is C1=CNN=C(Cc2ccccc2)C=C1. The van der Waals surface area contributed by atoms with Gasteiger partial charge in [-0.2, -0.15) is 5.10 Å². The Bertz CT molecular complexity index is 375. The van der Waals surface area contributed by atoms with E-state index in [1.54, 1.807) is 0 Å². The van der Waals surface area contributed by atoms with Crippen molar-refractivity contribution in [2.24, 2.45) is 5.10 Å². The van der Waals surface area contributed by atoms with Crippen LogP contribution in [0.15, 0.2) is 59.9 Å². The van der Waals surface area contributed by atoms with Gasteiger partial charge in [-0.1, -0.05) is 36.4 Å². The van der Waals surface area contributed by atoms with Crippen molar-refractivity contribution < 1.29 is 0 Å². The van der Waals surface area contributed by atoms with Crippen molar-refractivity contribution >= 4 is 5.71 Å². The van der Waals surface area contributed by atoms with E-state index in [4.69, 9.17) is 0 Å². The Morgan fingerprint density at radius 3 is 2.79 bits per heavy atom. The van der Waals surface area contributed by atoms with E-state index in [0.717, 1.165) is 12.1 Å². The van der Waals surface area contributed by atoms with Crippen LogP contribution >= 0.6 is 0 Å². The molecule has 0 saturated heterocycles. The quantitative estimate of drug-likeness (QED) is 0.749. The number of benzene rings is 1. The lowest BCUT2D eigenvalue weighted by molar-refractivity contribution is 0.963. The third-order valence-electron chi connectivity index (χ3n) is 2.01. The third kappa shape index (κ3) is 2.33. The predicted octanol–water partition coefficient (Wildman–Crippen LogP) is 2.26. The Balaban J connectivity index is 2.08. The van der Waals surface area contributed by atoms with Gasteiger partial charge in [0.2, 0.25) is 0 Å². The molecule has 2 nitrogen and oxygen atoms in total. The highest BCUT2D eigenvalue weighted by Crippen LogP contribution is 2.02. The maximum absolute atomic E-state index is 4.21. The molecule has 0 unspecified atom stereocenters. The molecule has 1 aromatic carbocycles. The standard InChI is InChI=1S/C12H12N2/c1-2-6-11(7-3-1)10-12-8-4-5-9-13-14-12/h1-9,13H,10H2. The van der Waals surface area contributed by atoms with E-state index in [1.165, 1.54) is 5.56 Å². The summed E-state index contributed by atoms with van der Waals surface area (Å²) in [7, 11) is 0. The van der Waals surface area contributed by atoms with Crippen molar-refractivity contribution in [2.75, 3.05) is 0 Å². The molecule has 1 aromatic rings. The van der Waals surface area contributed by atoms with Gasteiger partial charge in [-0.25, -0.2) is 0 Å². The van der Waals surface area contributed by atoms with Gasteiger partial charge in [-0.05, 0) is 17.7 Å². The summed E-state index contributed by atoms with van der Waals surface area (Å²) in [5.41, 5.74) is 5.18. The summed E-state index contributed by atoms with van der Waals surface area (Å²) >= 11 is 0. The van der Waals surface area contributed by atoms with Gasteiger partial charge in [0.1, 0.15) is 0 Å². The Hall–Kier alpha value is -1.83. The number of hydrazone groups is 1. The lowest BCUT2D eigenvalue weighted by atomic mass is 10.1. The van der Waals surface area contributed by atoms with E-state index in [0.29, 0.717) is 0 Å². The summed E-state index contributed by atoms with van der Waals surface area (Å²) in [5, 5.41) is 4.21. The molecule has 1 N–H and O–H groups in total. The first-order valence-corrected chi connectivity index (χ1v) is 4.64. The molecule has 0 radical (unpaired) electrons. The summed E-state index contributed by atoms with van der Waals surface area (Å²) in [5.74, 6) is 0. The van der Waals surface area contributed by atoms with Crippen molar-refractivity contribution in [3.8, 4) is 0 Å². The summed E-state index contributed by atoms with van der Waals surface area (Å²) in [6, 6.07) is 10.3. The largest absolute Gasteiger partial charge is 0.286 e. The van der Waals surface area contributed by atoms with Crippen LogP contribution in [0.2, 0.25) is 0 Å². The average Bonchev–Trinajstić information content (AvgIpc) is 2.48. The van der Waals surface area contributed by atoms with Crippen molar-refractivity contribution in [2.45, 2.75) is 6.42 Å². The average molecular weight is 184 g/mol. The number of nitrogens with zero attached hydrogens (tertiary/aromatic N) is 1. The monoisotopic (exact) mass is 184 g/mol. The molecule has 0 aromatic heterocycles. The minimum atomic E-state index is 0.867. The molecular weight excluding hydrogens is 172 g/mol. The predicted molar refractivity (Wildman–Crippen MR) is 59.0 cm³/mol. The highest BCUT2D eigenvalue weighted by Gasteiger charge is 1.97. The van der Waals surface area contributed by atoms with Crippen LogP contribution in [-0.4, -0.2) is 5.71 Å². The van der Waals surface area contributed by atoms with Gasteiger partial charge in [-0.3, -0.25) is 5.43 Å². The molecule has 1 aliphatic heterocycles. The number of hydrogen-bond donors (Lipinski definition) is 1. The number of hydrogen-bond acceptors (Lipinski definition) is 2. The van der Waals surface area contributed by atoms with E-state index >= 15 is 0 Å². The number of nitrogens with one attached hydrogen (secondary N) is 1. The van der Waals surface area contributed by atoms with Gasteiger partial charge >= 0.3 is 0 Å². The zero-order valence-electron chi connectivity index (χ0n) is 7.85. The first kappa shape index (κ1) is 8.75. The zero-order chi connectivity index (χ0) is 9.64. The van der Waals surface area contributed by atoms with Gasteiger partial charge in [0.25, 0.3) is 0 Å². The molecule has 0 saturated carbocycles. The van der Waals surface area contributed by atoms with Crippen LogP contribution in [0.3, 0.4) is 0 Å². The molecule has 0 fully saturated rings. The van der Waals surface area contributed by atoms with Crippen molar-refractivity contribution in [3.63, 3.8) is 0 Å². The lowest BCUT2D eigenvalue weighted by Crippen LogP contribution is -2.04. The van der Waals surface area contributed by atoms with Gasteiger partial charge in [0.05, 0.1) is 5.71 Å². The van der Waals surface area contributed by atoms with E-state index in [2.05, 4.69) is 22.7 Å². The van der Waals surface area contributed by atoms with Crippen molar-refractivity contribution in [1.29, 1.82) is 0 Å². The topological polar surface area (TPSA) is 24.4 Å². The first-order chi connectivity index (χ1) is 6.95. The maximum Gasteiger partial charge on any atom is 0.0650 e. The molecule has 0 aliphatic carbocycles. The molecule has 1 heterocycles. The summed E-state index contributed by atoms with van der Waals surface area (Å²) in [6.45, 7) is 0. The van der Waals surface area contributed by atoms with Gasteiger partial charge < -0.3 is 0 Å². The lowest BCUT2D eigenvalue weighted by Gasteiger charge is -2.00. The van der Waals surface area contributed by atoms with Crippen LogP contribution in [0.4, 0.5) is 0 Å². The van der Waals surface area contributed by atoms with Gasteiger partial charge in [0.15, 0.2) is 0 Å². The zero-order valence-corrected chi connectivity index (χ0v) is 7.85. The molecule has 70 valence electrons. The molecule has 0 amide bonds. The molecule has 2 heteroatoms. The third-order valence-corrected chi connectivity index (χ3v) is 2.01. The highest BCUT2D eigenvalue weighted by atomic mass is 15.3. The smallest absolute Gasteiger partial charge is 0.0650 e. The van der Waals surface area contributed by atoms with Gasteiger partial charge in [0, 0.05) is 12.6 Å². The summed E-state index contributed by atoms with van der Waals surface area (Å²) in [4.78, 5) is 0. The Morgan fingerprint density at radius 2 is 1.93 bits per heavy atom. The van der Waals surface area contributed by atoms with E-state index in [1.807, 2.05) is 42.6 Å². The van der Waals surface area contributed by atoms with Crippen LogP contribution in [0.25, 0.3) is 0 Å². The molecule has 0 atom stereocenters. The maximum atomic E-state index is 4.21. The van der Waals surface area contributed by atoms with Crippen LogP contribution in [-0.2, 0) is 6.42 Å². The van der Waals surface area contributed by atoms with Crippen molar-refractivity contribution in [1.82, 2.24) is 5.43 Å². The van der Waals surface area contributed by atoms with Crippen LogP contribution < -0.4 is 5.43 Å². The fourth-order valence-corrected chi connectivity index (χ4v) is 1.33. The minimum absolute atomic E-state index is 0.867. The van der Waals surface area contributed by atoms with E-state index < -0.39 is 0 Å². The molecule has 2 rings (SSSR count). The number of allylic oxidation sites excluding steroid dienone is 3. The van der Waals surface area contributed by atoms with Crippen molar-refractivity contribution in [3.05, 3.63) is 60.3 Å². The normalized spacial score (nSPS) is 14.4. The Kier molecular flexibility index (Phi) is 2.76. The second-order valence-corrected chi connectivity index (χ2v) is 3.11. The van der Waals surface area contributed by atoms with Crippen LogP contribution in [0.1, 0.15) is 5.56 Å². The summed E-state index contributed by atoms with van der Waals surface area (Å²) < 4.78 is 0. The Morgan fingerprint density at radius 1 is 1.07 bits per heavy atom. The molecule has 14 heavy (non-hydrogen) atoms.